The maximum atomic E-state index is 9.87. The van der Waals surface area contributed by atoms with Crippen molar-refractivity contribution in [2.45, 2.75) is 6.54 Å². The van der Waals surface area contributed by atoms with E-state index in [-0.39, 0.29) is 0 Å². The minimum absolute atomic E-state index is 0.300. The smallest absolute Gasteiger partial charge is 0.211 e. The average molecular weight is 174 g/mol. The maximum absolute atomic E-state index is 9.87. The fourth-order valence-electron chi connectivity index (χ4n) is 0.852. The molecule has 0 saturated carbocycles. The number of isocyanates is 2. The van der Waals surface area contributed by atoms with Crippen molar-refractivity contribution in [3.05, 3.63) is 29.8 Å². The van der Waals surface area contributed by atoms with E-state index in [0.29, 0.717) is 12.2 Å². The molecule has 0 N–H and O–H groups in total. The van der Waals surface area contributed by atoms with Gasteiger partial charge in [0.05, 0.1) is 12.2 Å². The maximum Gasteiger partial charge on any atom is 0.240 e. The van der Waals surface area contributed by atoms with Gasteiger partial charge in [-0.1, -0.05) is 12.1 Å². The molecule has 0 aromatic heterocycles. The predicted molar refractivity (Wildman–Crippen MR) is 46.0 cm³/mol. The Morgan fingerprint density at radius 2 is 1.77 bits per heavy atom. The summed E-state index contributed by atoms with van der Waals surface area (Å²) in [6.07, 6.45) is 2.88. The number of hydrogen-bond donors (Lipinski definition) is 0. The highest BCUT2D eigenvalue weighted by Gasteiger charge is 1.91. The minimum Gasteiger partial charge on any atom is -0.211 e. The monoisotopic (exact) mass is 174 g/mol. The molecule has 0 radical (unpaired) electrons. The first-order chi connectivity index (χ1) is 6.36. The van der Waals surface area contributed by atoms with Crippen LogP contribution in [0.3, 0.4) is 0 Å². The van der Waals surface area contributed by atoms with Crippen molar-refractivity contribution in [1.29, 1.82) is 0 Å². The fourth-order valence-corrected chi connectivity index (χ4v) is 0.852. The molecule has 1 aromatic carbocycles. The SMILES string of the molecule is O=C=NCc1ccc(N=C=O)cc1. The van der Waals surface area contributed by atoms with Gasteiger partial charge in [-0.2, -0.15) is 4.99 Å². The third-order valence-corrected chi connectivity index (χ3v) is 1.44. The van der Waals surface area contributed by atoms with Gasteiger partial charge in [0.1, 0.15) is 0 Å². The van der Waals surface area contributed by atoms with Crippen LogP contribution in [0.5, 0.6) is 0 Å². The molecular weight excluding hydrogens is 168 g/mol. The Hall–Kier alpha value is -2.02. The van der Waals surface area contributed by atoms with Crippen molar-refractivity contribution >= 4 is 17.8 Å². The highest BCUT2D eigenvalue weighted by atomic mass is 16.1. The average Bonchev–Trinajstić information content (AvgIpc) is 2.17. The number of rotatable bonds is 3. The summed E-state index contributed by atoms with van der Waals surface area (Å²) in [4.78, 5) is 26.5. The van der Waals surface area contributed by atoms with Gasteiger partial charge in [-0.3, -0.25) is 0 Å². The summed E-state index contributed by atoms with van der Waals surface area (Å²) in [6, 6.07) is 6.77. The van der Waals surface area contributed by atoms with E-state index >= 15 is 0 Å². The van der Waals surface area contributed by atoms with Gasteiger partial charge in [0, 0.05) is 0 Å². The molecular formula is C9H6N2O2. The van der Waals surface area contributed by atoms with Crippen molar-refractivity contribution in [2.24, 2.45) is 9.98 Å². The van der Waals surface area contributed by atoms with Gasteiger partial charge in [0.15, 0.2) is 0 Å². The Bertz CT molecular complexity index is 371. The van der Waals surface area contributed by atoms with Crippen LogP contribution in [0.25, 0.3) is 0 Å². The molecule has 1 rings (SSSR count). The van der Waals surface area contributed by atoms with Crippen molar-refractivity contribution in [3.63, 3.8) is 0 Å². The van der Waals surface area contributed by atoms with Gasteiger partial charge in [-0.25, -0.2) is 14.6 Å². The lowest BCUT2D eigenvalue weighted by Gasteiger charge is -1.93. The first-order valence-corrected chi connectivity index (χ1v) is 3.57. The molecule has 4 nitrogen and oxygen atoms in total. The highest BCUT2D eigenvalue weighted by Crippen LogP contribution is 2.12. The second kappa shape index (κ2) is 4.78. The summed E-state index contributed by atoms with van der Waals surface area (Å²) in [5.41, 5.74) is 1.40. The van der Waals surface area contributed by atoms with Crippen LogP contribution >= 0.6 is 0 Å². The Balaban J connectivity index is 2.80. The molecule has 4 heteroatoms. The van der Waals surface area contributed by atoms with Gasteiger partial charge in [-0.15, -0.1) is 0 Å². The van der Waals surface area contributed by atoms with E-state index in [9.17, 15) is 9.59 Å². The molecule has 0 amide bonds. The van der Waals surface area contributed by atoms with Crippen LogP contribution < -0.4 is 0 Å². The summed E-state index contributed by atoms with van der Waals surface area (Å²) in [5, 5.41) is 0. The van der Waals surface area contributed by atoms with Crippen molar-refractivity contribution in [3.8, 4) is 0 Å². The number of nitrogens with zero attached hydrogens (tertiary/aromatic N) is 2. The molecule has 0 aliphatic rings. The first-order valence-electron chi connectivity index (χ1n) is 3.57. The van der Waals surface area contributed by atoms with Crippen molar-refractivity contribution in [2.75, 3.05) is 0 Å². The van der Waals surface area contributed by atoms with E-state index in [1.165, 1.54) is 12.2 Å². The second-order valence-electron chi connectivity index (χ2n) is 2.28. The molecule has 0 bridgehead atoms. The van der Waals surface area contributed by atoms with E-state index in [1.54, 1.807) is 24.3 Å². The lowest BCUT2D eigenvalue weighted by Crippen LogP contribution is -1.78. The number of aliphatic imine (C=N–C) groups is 2. The third kappa shape index (κ3) is 2.83. The van der Waals surface area contributed by atoms with Gasteiger partial charge >= 0.3 is 0 Å². The van der Waals surface area contributed by atoms with Gasteiger partial charge in [-0.05, 0) is 17.7 Å². The zero-order chi connectivity index (χ0) is 9.52. The standard InChI is InChI=1S/C9H6N2O2/c12-6-10-5-8-1-3-9(4-2-8)11-7-13/h1-4H,5H2. The largest absolute Gasteiger partial charge is 0.240 e. The molecule has 0 unspecified atom stereocenters. The van der Waals surface area contributed by atoms with E-state index < -0.39 is 0 Å². The molecule has 1 aromatic rings. The van der Waals surface area contributed by atoms with Gasteiger partial charge in [0.2, 0.25) is 12.2 Å². The van der Waals surface area contributed by atoms with Crippen LogP contribution in [-0.4, -0.2) is 12.2 Å². The van der Waals surface area contributed by atoms with Crippen LogP contribution in [0.4, 0.5) is 5.69 Å². The lowest BCUT2D eigenvalue weighted by atomic mass is 10.2. The van der Waals surface area contributed by atoms with Crippen LogP contribution in [0, 0.1) is 0 Å². The Morgan fingerprint density at radius 3 is 2.31 bits per heavy atom. The lowest BCUT2D eigenvalue weighted by molar-refractivity contribution is 0.562. The Labute approximate surface area is 74.6 Å². The van der Waals surface area contributed by atoms with Crippen LogP contribution in [-0.2, 0) is 16.1 Å². The quantitative estimate of drug-likeness (QED) is 0.514. The summed E-state index contributed by atoms with van der Waals surface area (Å²) in [7, 11) is 0. The van der Waals surface area contributed by atoms with Crippen molar-refractivity contribution < 1.29 is 9.59 Å². The summed E-state index contributed by atoms with van der Waals surface area (Å²) >= 11 is 0. The molecule has 0 atom stereocenters. The third-order valence-electron chi connectivity index (χ3n) is 1.44. The van der Waals surface area contributed by atoms with E-state index in [4.69, 9.17) is 0 Å². The van der Waals surface area contributed by atoms with E-state index in [2.05, 4.69) is 9.98 Å². The molecule has 0 spiro atoms. The normalized spacial score (nSPS) is 8.31. The minimum atomic E-state index is 0.300. The number of carbonyl (C=O) groups excluding carboxylic acids is 2. The van der Waals surface area contributed by atoms with Crippen LogP contribution in [0.15, 0.2) is 34.3 Å². The number of benzene rings is 1. The zero-order valence-corrected chi connectivity index (χ0v) is 6.73. The molecule has 0 fully saturated rings. The Kier molecular flexibility index (Phi) is 3.33. The predicted octanol–water partition coefficient (Wildman–Crippen LogP) is 1.49. The fraction of sp³-hybridized carbons (Fsp3) is 0.111. The topological polar surface area (TPSA) is 58.9 Å². The molecule has 0 aliphatic heterocycles. The molecule has 0 heterocycles. The zero-order valence-electron chi connectivity index (χ0n) is 6.73. The molecule has 64 valence electrons. The van der Waals surface area contributed by atoms with E-state index in [1.807, 2.05) is 0 Å². The van der Waals surface area contributed by atoms with E-state index in [0.717, 1.165) is 5.56 Å². The van der Waals surface area contributed by atoms with Crippen LogP contribution in [0.1, 0.15) is 5.56 Å². The van der Waals surface area contributed by atoms with Crippen molar-refractivity contribution in [1.82, 2.24) is 0 Å². The molecule has 13 heavy (non-hydrogen) atoms. The number of hydrogen-bond acceptors (Lipinski definition) is 4. The first kappa shape index (κ1) is 9.07. The summed E-state index contributed by atoms with van der Waals surface area (Å²) in [6.45, 7) is 0.300. The summed E-state index contributed by atoms with van der Waals surface area (Å²) < 4.78 is 0. The molecule has 0 aliphatic carbocycles. The van der Waals surface area contributed by atoms with Crippen LogP contribution in [0.2, 0.25) is 0 Å². The second-order valence-corrected chi connectivity index (χ2v) is 2.28. The molecule has 0 saturated heterocycles. The van der Waals surface area contributed by atoms with Gasteiger partial charge in [0.25, 0.3) is 0 Å². The van der Waals surface area contributed by atoms with Gasteiger partial charge < -0.3 is 0 Å². The summed E-state index contributed by atoms with van der Waals surface area (Å²) in [5.74, 6) is 0. The highest BCUT2D eigenvalue weighted by molar-refractivity contribution is 5.49. The Morgan fingerprint density at radius 1 is 1.08 bits per heavy atom.